The van der Waals surface area contributed by atoms with Crippen molar-refractivity contribution in [2.24, 2.45) is 0 Å². The van der Waals surface area contributed by atoms with Crippen molar-refractivity contribution in [2.75, 3.05) is 0 Å². The van der Waals surface area contributed by atoms with Crippen LogP contribution in [0.5, 0.6) is 0 Å². The molecule has 0 unspecified atom stereocenters. The third-order valence-corrected chi connectivity index (χ3v) is 6.82. The van der Waals surface area contributed by atoms with Crippen LogP contribution in [0.15, 0.2) is 24.3 Å². The van der Waals surface area contributed by atoms with Crippen LogP contribution in [0.2, 0.25) is 0 Å². The number of carbonyl (C=O) groups excluding carboxylic acids is 1. The van der Waals surface area contributed by atoms with E-state index >= 15 is 0 Å². The lowest BCUT2D eigenvalue weighted by atomic mass is 10.0. The molecule has 0 radical (unpaired) electrons. The van der Waals surface area contributed by atoms with Crippen LogP contribution in [0.1, 0.15) is 153 Å². The van der Waals surface area contributed by atoms with Crippen molar-refractivity contribution in [3.63, 3.8) is 0 Å². The normalized spacial score (nSPS) is 11.1. The summed E-state index contributed by atoms with van der Waals surface area (Å²) in [6, 6.07) is 8.34. The van der Waals surface area contributed by atoms with Crippen LogP contribution in [0.4, 0.5) is 0 Å². The Labute approximate surface area is 206 Å². The predicted octanol–water partition coefficient (Wildman–Crippen LogP) is 10.1. The van der Waals surface area contributed by atoms with E-state index in [-0.39, 0.29) is 5.97 Å². The summed E-state index contributed by atoms with van der Waals surface area (Å²) in [5, 5.41) is 0. The molecule has 0 saturated heterocycles. The third kappa shape index (κ3) is 18.8. The molecule has 0 aliphatic rings. The fraction of sp³-hybridized carbons (Fsp3) is 0.774. The number of rotatable bonds is 23. The summed E-state index contributed by atoms with van der Waals surface area (Å²) in [5.74, 6) is -0.0541. The zero-order valence-electron chi connectivity index (χ0n) is 22.2. The highest BCUT2D eigenvalue weighted by Crippen LogP contribution is 2.15. The van der Waals surface area contributed by atoms with E-state index in [4.69, 9.17) is 4.74 Å². The summed E-state index contributed by atoms with van der Waals surface area (Å²) in [7, 11) is 0. The van der Waals surface area contributed by atoms with Crippen LogP contribution in [-0.4, -0.2) is 5.97 Å². The average molecular weight is 459 g/mol. The smallest absolute Gasteiger partial charge is 0.306 e. The summed E-state index contributed by atoms with van der Waals surface area (Å²) in [6.07, 6.45) is 27.7. The number of aryl methyl sites for hydroxylation is 1. The third-order valence-electron chi connectivity index (χ3n) is 6.82. The molecule has 0 atom stereocenters. The summed E-state index contributed by atoms with van der Waals surface area (Å²) in [5.41, 5.74) is 2.40. The maximum atomic E-state index is 11.9. The molecule has 1 aromatic rings. The summed E-state index contributed by atoms with van der Waals surface area (Å²) in [6.45, 7) is 4.84. The van der Waals surface area contributed by atoms with Crippen LogP contribution in [0.3, 0.4) is 0 Å². The fourth-order valence-electron chi connectivity index (χ4n) is 4.45. The molecule has 1 rings (SSSR count). The SMILES string of the molecule is CCCCCCCCCCCCCCCCCCCCCC(=O)OCc1ccc(CC)cc1. The van der Waals surface area contributed by atoms with E-state index in [0.717, 1.165) is 24.8 Å². The van der Waals surface area contributed by atoms with E-state index in [2.05, 4.69) is 38.1 Å². The van der Waals surface area contributed by atoms with E-state index < -0.39 is 0 Å². The molecule has 0 N–H and O–H groups in total. The molecule has 0 spiro atoms. The monoisotopic (exact) mass is 458 g/mol. The fourth-order valence-corrected chi connectivity index (χ4v) is 4.45. The second-order valence-electron chi connectivity index (χ2n) is 9.94. The van der Waals surface area contributed by atoms with Crippen molar-refractivity contribution in [3.05, 3.63) is 35.4 Å². The molecule has 0 amide bonds. The minimum Gasteiger partial charge on any atom is -0.461 e. The molecule has 0 bridgehead atoms. The molecule has 33 heavy (non-hydrogen) atoms. The number of hydrogen-bond donors (Lipinski definition) is 0. The second kappa shape index (κ2) is 22.5. The number of hydrogen-bond acceptors (Lipinski definition) is 2. The van der Waals surface area contributed by atoms with Gasteiger partial charge in [0, 0.05) is 6.42 Å². The molecule has 2 nitrogen and oxygen atoms in total. The molecule has 0 heterocycles. The van der Waals surface area contributed by atoms with E-state index in [1.165, 1.54) is 115 Å². The van der Waals surface area contributed by atoms with Crippen LogP contribution in [-0.2, 0) is 22.6 Å². The lowest BCUT2D eigenvalue weighted by molar-refractivity contribution is -0.145. The summed E-state index contributed by atoms with van der Waals surface area (Å²) >= 11 is 0. The Morgan fingerprint density at radius 1 is 0.545 bits per heavy atom. The maximum absolute atomic E-state index is 11.9. The van der Waals surface area contributed by atoms with Gasteiger partial charge in [0.05, 0.1) is 0 Å². The molecular formula is C31H54O2. The van der Waals surface area contributed by atoms with Gasteiger partial charge in [0.25, 0.3) is 0 Å². The van der Waals surface area contributed by atoms with Gasteiger partial charge < -0.3 is 4.74 Å². The van der Waals surface area contributed by atoms with Crippen molar-refractivity contribution in [1.29, 1.82) is 0 Å². The Morgan fingerprint density at radius 2 is 0.909 bits per heavy atom. The first-order valence-electron chi connectivity index (χ1n) is 14.5. The Bertz CT molecular complexity index is 549. The molecular weight excluding hydrogens is 404 g/mol. The number of unbranched alkanes of at least 4 members (excludes halogenated alkanes) is 18. The Morgan fingerprint density at radius 3 is 1.30 bits per heavy atom. The van der Waals surface area contributed by atoms with Gasteiger partial charge in [0.1, 0.15) is 6.61 Å². The topological polar surface area (TPSA) is 26.3 Å². The zero-order valence-corrected chi connectivity index (χ0v) is 22.2. The average Bonchev–Trinajstić information content (AvgIpc) is 2.84. The Balaban J connectivity index is 1.76. The standard InChI is InChI=1S/C31H54O2/c1-3-5-6-7-8-9-10-11-12-13-14-15-16-17-18-19-20-21-22-23-31(32)33-28-30-26-24-29(4-2)25-27-30/h24-27H,3-23,28H2,1-2H3. The molecule has 2 heteroatoms. The van der Waals surface area contributed by atoms with Crippen molar-refractivity contribution in [3.8, 4) is 0 Å². The van der Waals surface area contributed by atoms with Gasteiger partial charge in [0.15, 0.2) is 0 Å². The van der Waals surface area contributed by atoms with Crippen LogP contribution in [0.25, 0.3) is 0 Å². The molecule has 190 valence electrons. The second-order valence-corrected chi connectivity index (χ2v) is 9.94. The van der Waals surface area contributed by atoms with Gasteiger partial charge in [-0.3, -0.25) is 4.79 Å². The van der Waals surface area contributed by atoms with E-state index in [0.29, 0.717) is 13.0 Å². The minimum atomic E-state index is -0.0541. The summed E-state index contributed by atoms with van der Waals surface area (Å²) < 4.78 is 5.40. The first-order chi connectivity index (χ1) is 16.3. The van der Waals surface area contributed by atoms with Crippen molar-refractivity contribution in [2.45, 2.75) is 155 Å². The Hall–Kier alpha value is -1.31. The molecule has 0 aromatic heterocycles. The van der Waals surface area contributed by atoms with E-state index in [1.807, 2.05) is 0 Å². The largest absolute Gasteiger partial charge is 0.461 e. The molecule has 0 aliphatic heterocycles. The van der Waals surface area contributed by atoms with Gasteiger partial charge in [-0.25, -0.2) is 0 Å². The van der Waals surface area contributed by atoms with Gasteiger partial charge in [-0.15, -0.1) is 0 Å². The van der Waals surface area contributed by atoms with Gasteiger partial charge in [-0.05, 0) is 24.0 Å². The lowest BCUT2D eigenvalue weighted by Gasteiger charge is -2.06. The predicted molar refractivity (Wildman–Crippen MR) is 144 cm³/mol. The highest BCUT2D eigenvalue weighted by atomic mass is 16.5. The first kappa shape index (κ1) is 29.7. The van der Waals surface area contributed by atoms with Gasteiger partial charge in [-0.1, -0.05) is 154 Å². The zero-order chi connectivity index (χ0) is 23.8. The van der Waals surface area contributed by atoms with Gasteiger partial charge >= 0.3 is 5.97 Å². The van der Waals surface area contributed by atoms with Crippen molar-refractivity contribution >= 4 is 5.97 Å². The highest BCUT2D eigenvalue weighted by Gasteiger charge is 2.03. The quantitative estimate of drug-likeness (QED) is 0.120. The maximum Gasteiger partial charge on any atom is 0.306 e. The number of benzene rings is 1. The summed E-state index contributed by atoms with van der Waals surface area (Å²) in [4.78, 5) is 11.9. The number of carbonyl (C=O) groups is 1. The van der Waals surface area contributed by atoms with Gasteiger partial charge in [0.2, 0.25) is 0 Å². The van der Waals surface area contributed by atoms with Crippen LogP contribution in [0, 0.1) is 0 Å². The lowest BCUT2D eigenvalue weighted by Crippen LogP contribution is -2.04. The molecule has 1 aromatic carbocycles. The van der Waals surface area contributed by atoms with Crippen LogP contribution >= 0.6 is 0 Å². The molecule has 0 fully saturated rings. The van der Waals surface area contributed by atoms with Crippen molar-refractivity contribution < 1.29 is 9.53 Å². The van der Waals surface area contributed by atoms with Gasteiger partial charge in [-0.2, -0.15) is 0 Å². The number of esters is 1. The van der Waals surface area contributed by atoms with E-state index in [9.17, 15) is 4.79 Å². The molecule has 0 aliphatic carbocycles. The van der Waals surface area contributed by atoms with Crippen LogP contribution < -0.4 is 0 Å². The Kier molecular flexibility index (Phi) is 20.2. The molecule has 0 saturated carbocycles. The highest BCUT2D eigenvalue weighted by molar-refractivity contribution is 5.69. The first-order valence-corrected chi connectivity index (χ1v) is 14.5. The van der Waals surface area contributed by atoms with Crippen molar-refractivity contribution in [1.82, 2.24) is 0 Å². The minimum absolute atomic E-state index is 0.0541. The number of ether oxygens (including phenoxy) is 1. The van der Waals surface area contributed by atoms with E-state index in [1.54, 1.807) is 0 Å².